The Hall–Kier alpha value is -10.3. The first kappa shape index (κ1) is 47.9. The van der Waals surface area contributed by atoms with Gasteiger partial charge in [-0.3, -0.25) is 0 Å². The van der Waals surface area contributed by atoms with Crippen molar-refractivity contribution >= 4 is 72.4 Å². The summed E-state index contributed by atoms with van der Waals surface area (Å²) in [5.74, 6) is 0. The van der Waals surface area contributed by atoms with E-state index in [9.17, 15) is 0 Å². The fourth-order valence-corrected chi connectivity index (χ4v) is 17.9. The molecule has 0 aliphatic heterocycles. The van der Waals surface area contributed by atoms with Crippen molar-refractivity contribution < 1.29 is 0 Å². The van der Waals surface area contributed by atoms with Gasteiger partial charge < -0.3 is 9.13 Å². The highest BCUT2D eigenvalue weighted by Gasteiger charge is 2.42. The number of benzene rings is 13. The predicted octanol–water partition coefficient (Wildman–Crippen LogP) is 17.6. The molecule has 0 spiro atoms. The number of aromatic nitrogens is 2. The maximum Gasteiger partial charge on any atom is 0.179 e. The van der Waals surface area contributed by atoms with Gasteiger partial charge in [-0.25, -0.2) is 0 Å². The first-order valence-corrected chi connectivity index (χ1v) is 30.0. The molecular formula is C78H54N2Si. The summed E-state index contributed by atoms with van der Waals surface area (Å²) in [6, 6.07) is 122. The molecule has 81 heavy (non-hydrogen) atoms. The monoisotopic (exact) mass is 1050 g/mol. The molecule has 15 rings (SSSR count). The molecule has 13 aromatic carbocycles. The predicted molar refractivity (Wildman–Crippen MR) is 346 cm³/mol. The van der Waals surface area contributed by atoms with Gasteiger partial charge in [0.05, 0.1) is 22.1 Å². The second-order valence-electron chi connectivity index (χ2n) is 21.1. The molecule has 380 valence electrons. The third-order valence-electron chi connectivity index (χ3n) is 16.7. The Morgan fingerprint density at radius 3 is 1.27 bits per heavy atom. The summed E-state index contributed by atoms with van der Waals surface area (Å²) in [5.41, 5.74) is 19.0. The lowest BCUT2D eigenvalue weighted by molar-refractivity contribution is 1.18. The Balaban J connectivity index is 0.974. The average Bonchev–Trinajstić information content (AvgIpc) is 3.51. The van der Waals surface area contributed by atoms with E-state index < -0.39 is 8.07 Å². The average molecular weight is 1050 g/mol. The molecule has 0 bridgehead atoms. The van der Waals surface area contributed by atoms with E-state index in [1.54, 1.807) is 0 Å². The van der Waals surface area contributed by atoms with Crippen LogP contribution in [-0.2, 0) is 0 Å². The molecular weight excluding hydrogens is 993 g/mol. The van der Waals surface area contributed by atoms with Crippen LogP contribution in [0.2, 0.25) is 0 Å². The van der Waals surface area contributed by atoms with Gasteiger partial charge in [0, 0.05) is 32.9 Å². The van der Waals surface area contributed by atoms with Crippen molar-refractivity contribution in [2.24, 2.45) is 0 Å². The van der Waals surface area contributed by atoms with Crippen molar-refractivity contribution in [2.75, 3.05) is 0 Å². The molecule has 0 aliphatic carbocycles. The zero-order valence-corrected chi connectivity index (χ0v) is 45.6. The lowest BCUT2D eigenvalue weighted by Gasteiger charge is -2.35. The molecule has 2 heterocycles. The molecule has 0 atom stereocenters. The molecule has 2 aromatic heterocycles. The molecule has 0 amide bonds. The Kier molecular flexibility index (Phi) is 11.9. The van der Waals surface area contributed by atoms with E-state index in [-0.39, 0.29) is 0 Å². The molecule has 0 N–H and O–H groups in total. The Morgan fingerprint density at radius 2 is 0.654 bits per heavy atom. The smallest absolute Gasteiger partial charge is 0.179 e. The summed E-state index contributed by atoms with van der Waals surface area (Å²) in [7, 11) is -3.07. The van der Waals surface area contributed by atoms with Gasteiger partial charge in [0.25, 0.3) is 0 Å². The fraction of sp³-hybridized carbons (Fsp3) is 0. The topological polar surface area (TPSA) is 9.86 Å². The molecule has 15 aromatic rings. The summed E-state index contributed by atoms with van der Waals surface area (Å²) < 4.78 is 5.06. The standard InChI is InChI=1S/C78H54N2Si/c1-7-25-55(26-8-1)60-33-21-34-61(53-60)80-73-46-24-44-69(58-31-13-4-14-32-58)76(73)71-51-52-74-77(78(71)80)70-41-19-20-45-72(70)79(74)62-35-22-40-66(54-62)81(63-36-15-5-16-37-63,64-38-17-6-18-39-64)65-49-47-59(48-50-65)75-67(56-27-9-2-10-28-56)42-23-43-68(75)57-29-11-3-12-30-57/h1-54H. The number of rotatable bonds is 11. The molecule has 2 nitrogen and oxygen atoms in total. The van der Waals surface area contributed by atoms with E-state index >= 15 is 0 Å². The van der Waals surface area contributed by atoms with Crippen molar-refractivity contribution in [3.63, 3.8) is 0 Å². The maximum absolute atomic E-state index is 3.07. The second kappa shape index (κ2) is 20.2. The normalized spacial score (nSPS) is 11.7. The molecule has 0 unspecified atom stereocenters. The van der Waals surface area contributed by atoms with Crippen LogP contribution in [0.25, 0.3) is 111 Å². The van der Waals surface area contributed by atoms with Crippen LogP contribution in [0, 0.1) is 0 Å². The highest BCUT2D eigenvalue weighted by Crippen LogP contribution is 2.45. The Bertz CT molecular complexity index is 4660. The van der Waals surface area contributed by atoms with Gasteiger partial charge in [0.2, 0.25) is 0 Å². The number of fused-ring (bicyclic) bond motifs is 7. The van der Waals surface area contributed by atoms with Crippen LogP contribution in [0.3, 0.4) is 0 Å². The summed E-state index contributed by atoms with van der Waals surface area (Å²) in [5, 5.41) is 10.2. The highest BCUT2D eigenvalue weighted by atomic mass is 28.3. The van der Waals surface area contributed by atoms with E-state index in [0.29, 0.717) is 0 Å². The van der Waals surface area contributed by atoms with Crippen LogP contribution >= 0.6 is 0 Å². The molecule has 0 saturated carbocycles. The largest absolute Gasteiger partial charge is 0.309 e. The first-order valence-electron chi connectivity index (χ1n) is 28.0. The molecule has 0 aliphatic rings. The summed E-state index contributed by atoms with van der Waals surface area (Å²) >= 11 is 0. The van der Waals surface area contributed by atoms with Crippen LogP contribution in [0.15, 0.2) is 328 Å². The van der Waals surface area contributed by atoms with Gasteiger partial charge in [-0.15, -0.1) is 0 Å². The van der Waals surface area contributed by atoms with Crippen LogP contribution in [0.4, 0.5) is 0 Å². The number of nitrogens with zero attached hydrogens (tertiary/aromatic N) is 2. The van der Waals surface area contributed by atoms with Gasteiger partial charge in [0.1, 0.15) is 0 Å². The van der Waals surface area contributed by atoms with Gasteiger partial charge >= 0.3 is 0 Å². The number of para-hydroxylation sites is 1. The van der Waals surface area contributed by atoms with E-state index in [2.05, 4.69) is 337 Å². The van der Waals surface area contributed by atoms with Crippen LogP contribution in [0.5, 0.6) is 0 Å². The van der Waals surface area contributed by atoms with E-state index in [0.717, 1.165) is 22.4 Å². The molecule has 3 heteroatoms. The van der Waals surface area contributed by atoms with Gasteiger partial charge in [0.15, 0.2) is 8.07 Å². The van der Waals surface area contributed by atoms with Crippen LogP contribution in [-0.4, -0.2) is 17.2 Å². The van der Waals surface area contributed by atoms with Crippen molar-refractivity contribution in [1.29, 1.82) is 0 Å². The Morgan fingerprint density at radius 1 is 0.222 bits per heavy atom. The Labute approximate surface area is 473 Å². The minimum Gasteiger partial charge on any atom is -0.309 e. The fourth-order valence-electron chi connectivity index (χ4n) is 13.2. The molecule has 0 fully saturated rings. The minimum atomic E-state index is -3.07. The SMILES string of the molecule is c1ccc(-c2cccc(-n3c4cccc(-c5ccccc5)c4c4ccc5c(c6ccccc6n5-c5cccc([Si](c6ccccc6)(c6ccccc6)c6ccc(-c7c(-c8ccccc8)cccc7-c7ccccc7)cc6)c5)c43)c2)cc1. The quantitative estimate of drug-likeness (QED) is 0.0902. The lowest BCUT2D eigenvalue weighted by Crippen LogP contribution is -2.74. The highest BCUT2D eigenvalue weighted by molar-refractivity contribution is 7.20. The van der Waals surface area contributed by atoms with Crippen molar-refractivity contribution in [2.45, 2.75) is 0 Å². The van der Waals surface area contributed by atoms with Crippen molar-refractivity contribution in [1.82, 2.24) is 9.13 Å². The summed E-state index contributed by atoms with van der Waals surface area (Å²) in [6.45, 7) is 0. The van der Waals surface area contributed by atoms with E-state index in [1.165, 1.54) is 109 Å². The summed E-state index contributed by atoms with van der Waals surface area (Å²) in [6.07, 6.45) is 0. The third-order valence-corrected chi connectivity index (χ3v) is 21.5. The zero-order chi connectivity index (χ0) is 53.7. The maximum atomic E-state index is 2.53. The number of hydrogen-bond donors (Lipinski definition) is 0. The van der Waals surface area contributed by atoms with E-state index in [1.807, 2.05) is 0 Å². The van der Waals surface area contributed by atoms with Gasteiger partial charge in [-0.05, 0) is 119 Å². The zero-order valence-electron chi connectivity index (χ0n) is 44.6. The van der Waals surface area contributed by atoms with Gasteiger partial charge in [-0.1, -0.05) is 285 Å². The van der Waals surface area contributed by atoms with Crippen molar-refractivity contribution in [3.05, 3.63) is 328 Å². The molecule has 0 saturated heterocycles. The first-order chi connectivity index (χ1) is 40.2. The minimum absolute atomic E-state index is 1.13. The lowest BCUT2D eigenvalue weighted by atomic mass is 9.88. The summed E-state index contributed by atoms with van der Waals surface area (Å²) in [4.78, 5) is 0. The third kappa shape index (κ3) is 8.00. The van der Waals surface area contributed by atoms with Gasteiger partial charge in [-0.2, -0.15) is 0 Å². The van der Waals surface area contributed by atoms with E-state index in [4.69, 9.17) is 0 Å². The van der Waals surface area contributed by atoms with Crippen molar-refractivity contribution in [3.8, 4) is 67.0 Å². The second-order valence-corrected chi connectivity index (χ2v) is 24.9. The molecule has 0 radical (unpaired) electrons. The van der Waals surface area contributed by atoms with Crippen LogP contribution < -0.4 is 20.7 Å². The number of hydrogen-bond acceptors (Lipinski definition) is 0. The van der Waals surface area contributed by atoms with Crippen LogP contribution in [0.1, 0.15) is 0 Å².